The summed E-state index contributed by atoms with van der Waals surface area (Å²) in [7, 11) is 1.53. The van der Waals surface area contributed by atoms with Gasteiger partial charge in [-0.1, -0.05) is 6.08 Å². The lowest BCUT2D eigenvalue weighted by atomic mass is 10.2. The van der Waals surface area contributed by atoms with Gasteiger partial charge in [0.15, 0.2) is 0 Å². The minimum absolute atomic E-state index is 0.0523. The number of nitrogens with two attached hydrogens (primary N) is 1. The van der Waals surface area contributed by atoms with Gasteiger partial charge in [0.2, 0.25) is 11.8 Å². The average molecular weight is 213 g/mol. The second-order valence-electron chi connectivity index (χ2n) is 3.16. The molecule has 0 saturated carbocycles. The summed E-state index contributed by atoms with van der Waals surface area (Å²) in [5, 5.41) is 2.46. The Morgan fingerprint density at radius 2 is 2.20 bits per heavy atom. The highest BCUT2D eigenvalue weighted by Crippen LogP contribution is 1.97. The second-order valence-corrected chi connectivity index (χ2v) is 3.16. The molecule has 0 fully saturated rings. The van der Waals surface area contributed by atoms with Crippen molar-refractivity contribution in [1.82, 2.24) is 10.2 Å². The van der Waals surface area contributed by atoms with Crippen molar-refractivity contribution in [3.05, 3.63) is 12.7 Å². The van der Waals surface area contributed by atoms with Crippen molar-refractivity contribution in [3.63, 3.8) is 0 Å². The van der Waals surface area contributed by atoms with Crippen molar-refractivity contribution >= 4 is 11.8 Å². The standard InChI is InChI=1S/C10H19N3O2/c1-4-6-8(11)10(15)13(5-2)7-9(14)12-3/h4,8H,1,5-7,11H2,2-3H3,(H,12,14). The molecule has 15 heavy (non-hydrogen) atoms. The summed E-state index contributed by atoms with van der Waals surface area (Å²) in [6.45, 7) is 5.84. The largest absolute Gasteiger partial charge is 0.358 e. The Bertz CT molecular complexity index is 241. The van der Waals surface area contributed by atoms with E-state index in [1.165, 1.54) is 11.9 Å². The third-order valence-corrected chi connectivity index (χ3v) is 2.04. The fourth-order valence-electron chi connectivity index (χ4n) is 1.11. The summed E-state index contributed by atoms with van der Waals surface area (Å²) in [4.78, 5) is 24.2. The van der Waals surface area contributed by atoms with E-state index in [9.17, 15) is 9.59 Å². The first-order chi connectivity index (χ1) is 7.06. The average Bonchev–Trinajstić information content (AvgIpc) is 2.24. The number of hydrogen-bond acceptors (Lipinski definition) is 3. The van der Waals surface area contributed by atoms with Crippen LogP contribution < -0.4 is 11.1 Å². The molecular formula is C10H19N3O2. The Morgan fingerprint density at radius 1 is 1.60 bits per heavy atom. The van der Waals surface area contributed by atoms with E-state index in [4.69, 9.17) is 5.73 Å². The molecule has 86 valence electrons. The van der Waals surface area contributed by atoms with Crippen molar-refractivity contribution in [2.75, 3.05) is 20.1 Å². The minimum atomic E-state index is -0.605. The van der Waals surface area contributed by atoms with Gasteiger partial charge in [0.05, 0.1) is 12.6 Å². The quantitative estimate of drug-likeness (QED) is 0.583. The van der Waals surface area contributed by atoms with Crippen LogP contribution in [0, 0.1) is 0 Å². The van der Waals surface area contributed by atoms with Crippen LogP contribution in [0.5, 0.6) is 0 Å². The molecule has 1 unspecified atom stereocenters. The third kappa shape index (κ3) is 4.60. The van der Waals surface area contributed by atoms with E-state index >= 15 is 0 Å². The van der Waals surface area contributed by atoms with Crippen LogP contribution >= 0.6 is 0 Å². The van der Waals surface area contributed by atoms with E-state index in [-0.39, 0.29) is 18.4 Å². The molecule has 0 aliphatic rings. The number of carbonyl (C=O) groups is 2. The van der Waals surface area contributed by atoms with E-state index in [1.54, 1.807) is 6.08 Å². The molecule has 0 aromatic carbocycles. The smallest absolute Gasteiger partial charge is 0.240 e. The van der Waals surface area contributed by atoms with E-state index in [2.05, 4.69) is 11.9 Å². The summed E-state index contributed by atoms with van der Waals surface area (Å²) >= 11 is 0. The highest BCUT2D eigenvalue weighted by atomic mass is 16.2. The first kappa shape index (κ1) is 13.6. The molecule has 0 radical (unpaired) electrons. The lowest BCUT2D eigenvalue weighted by Crippen LogP contribution is -2.47. The number of likely N-dealkylation sites (N-methyl/N-ethyl adjacent to an activating group) is 2. The summed E-state index contributed by atoms with van der Waals surface area (Å²) in [5.41, 5.74) is 5.63. The summed E-state index contributed by atoms with van der Waals surface area (Å²) in [5.74, 6) is -0.419. The zero-order valence-corrected chi connectivity index (χ0v) is 9.32. The van der Waals surface area contributed by atoms with E-state index < -0.39 is 6.04 Å². The summed E-state index contributed by atoms with van der Waals surface area (Å²) in [6, 6.07) is -0.605. The molecule has 0 aliphatic heterocycles. The lowest BCUT2D eigenvalue weighted by molar-refractivity contribution is -0.136. The fraction of sp³-hybridized carbons (Fsp3) is 0.600. The van der Waals surface area contributed by atoms with Gasteiger partial charge >= 0.3 is 0 Å². The molecule has 5 nitrogen and oxygen atoms in total. The maximum Gasteiger partial charge on any atom is 0.240 e. The van der Waals surface area contributed by atoms with Crippen LogP contribution in [0.25, 0.3) is 0 Å². The van der Waals surface area contributed by atoms with Crippen molar-refractivity contribution in [1.29, 1.82) is 0 Å². The van der Waals surface area contributed by atoms with E-state index in [0.717, 1.165) is 0 Å². The van der Waals surface area contributed by atoms with Crippen LogP contribution in [-0.2, 0) is 9.59 Å². The van der Waals surface area contributed by atoms with Crippen LogP contribution in [0.1, 0.15) is 13.3 Å². The maximum atomic E-state index is 11.7. The highest BCUT2D eigenvalue weighted by Gasteiger charge is 2.20. The Morgan fingerprint density at radius 3 is 2.60 bits per heavy atom. The molecule has 0 aromatic rings. The summed E-state index contributed by atoms with van der Waals surface area (Å²) in [6.07, 6.45) is 2.01. The van der Waals surface area contributed by atoms with Crippen LogP contribution in [0.15, 0.2) is 12.7 Å². The van der Waals surface area contributed by atoms with Gasteiger partial charge in [0.1, 0.15) is 0 Å². The Hall–Kier alpha value is -1.36. The zero-order chi connectivity index (χ0) is 11.8. The second kappa shape index (κ2) is 7.00. The maximum absolute atomic E-state index is 11.7. The van der Waals surface area contributed by atoms with Gasteiger partial charge in [0, 0.05) is 13.6 Å². The molecular weight excluding hydrogens is 194 g/mol. The first-order valence-electron chi connectivity index (χ1n) is 4.92. The van der Waals surface area contributed by atoms with Crippen LogP contribution in [0.3, 0.4) is 0 Å². The van der Waals surface area contributed by atoms with Gasteiger partial charge < -0.3 is 16.0 Å². The van der Waals surface area contributed by atoms with Crippen LogP contribution in [-0.4, -0.2) is 42.9 Å². The SMILES string of the molecule is C=CCC(N)C(=O)N(CC)CC(=O)NC. The highest BCUT2D eigenvalue weighted by molar-refractivity contribution is 5.87. The van der Waals surface area contributed by atoms with Crippen LogP contribution in [0.2, 0.25) is 0 Å². The van der Waals surface area contributed by atoms with Gasteiger partial charge in [-0.05, 0) is 13.3 Å². The topological polar surface area (TPSA) is 75.4 Å². The Balaban J connectivity index is 4.32. The zero-order valence-electron chi connectivity index (χ0n) is 9.32. The van der Waals surface area contributed by atoms with E-state index in [0.29, 0.717) is 13.0 Å². The van der Waals surface area contributed by atoms with Gasteiger partial charge in [0.25, 0.3) is 0 Å². The lowest BCUT2D eigenvalue weighted by Gasteiger charge is -2.22. The normalized spacial score (nSPS) is 11.7. The Kier molecular flexibility index (Phi) is 6.37. The minimum Gasteiger partial charge on any atom is -0.358 e. The van der Waals surface area contributed by atoms with Gasteiger partial charge in [-0.2, -0.15) is 0 Å². The summed E-state index contributed by atoms with van der Waals surface area (Å²) < 4.78 is 0. The molecule has 0 bridgehead atoms. The number of carbonyl (C=O) groups excluding carboxylic acids is 2. The number of rotatable bonds is 6. The number of hydrogen-bond donors (Lipinski definition) is 2. The molecule has 0 saturated heterocycles. The molecule has 0 spiro atoms. The first-order valence-corrected chi connectivity index (χ1v) is 4.92. The molecule has 0 aliphatic carbocycles. The third-order valence-electron chi connectivity index (χ3n) is 2.04. The molecule has 5 heteroatoms. The van der Waals surface area contributed by atoms with E-state index in [1.807, 2.05) is 6.92 Å². The van der Waals surface area contributed by atoms with Gasteiger partial charge in [-0.25, -0.2) is 0 Å². The van der Waals surface area contributed by atoms with Crippen molar-refractivity contribution in [2.24, 2.45) is 5.73 Å². The molecule has 2 amide bonds. The van der Waals surface area contributed by atoms with Gasteiger partial charge in [-0.15, -0.1) is 6.58 Å². The van der Waals surface area contributed by atoms with Crippen LogP contribution in [0.4, 0.5) is 0 Å². The molecule has 1 atom stereocenters. The monoisotopic (exact) mass is 213 g/mol. The molecule has 0 heterocycles. The number of amides is 2. The molecule has 0 rings (SSSR count). The predicted octanol–water partition coefficient (Wildman–Crippen LogP) is -0.516. The number of nitrogens with one attached hydrogen (secondary N) is 1. The molecule has 0 aromatic heterocycles. The van der Waals surface area contributed by atoms with Gasteiger partial charge in [-0.3, -0.25) is 9.59 Å². The molecule has 3 N–H and O–H groups in total. The predicted molar refractivity (Wildman–Crippen MR) is 59.1 cm³/mol. The van der Waals surface area contributed by atoms with Crippen molar-refractivity contribution in [3.8, 4) is 0 Å². The number of nitrogens with zero attached hydrogens (tertiary/aromatic N) is 1. The Labute approximate surface area is 90.3 Å². The fourth-order valence-corrected chi connectivity index (χ4v) is 1.11. The van der Waals surface area contributed by atoms with Crippen molar-refractivity contribution < 1.29 is 9.59 Å². The van der Waals surface area contributed by atoms with Crippen molar-refractivity contribution in [2.45, 2.75) is 19.4 Å².